The van der Waals surface area contributed by atoms with Gasteiger partial charge in [-0.2, -0.15) is 0 Å². The van der Waals surface area contributed by atoms with Crippen molar-refractivity contribution in [1.82, 2.24) is 0 Å². The van der Waals surface area contributed by atoms with E-state index in [1.54, 1.807) is 0 Å². The molecule has 3 nitrogen and oxygen atoms in total. The van der Waals surface area contributed by atoms with E-state index in [1.165, 1.54) is 48.2 Å². The number of fused-ring (bicyclic) bond motifs is 6. The number of anilines is 3. The maximum Gasteiger partial charge on any atom is 0.260 e. The van der Waals surface area contributed by atoms with Crippen molar-refractivity contribution < 1.29 is 9.47 Å². The molecule has 0 spiro atoms. The first-order chi connectivity index (χ1) is 23.9. The standard InChI is InChI=1S/C44H32BNO2S/c1-44(2,3)27-23-38-43-39(24-27)48-37-25-32-30-21-22-35(46(28-13-6-4-7-14-28)29-15-8-5-9-16-29)31-17-12-20-40(42(30)31)49-41(32)26-34(37)45(43)33-18-10-11-19-36(33)47-38/h4-26H,1-3H3. The van der Waals surface area contributed by atoms with E-state index in [9.17, 15) is 0 Å². The normalized spacial score (nSPS) is 13.4. The monoisotopic (exact) mass is 649 g/mol. The van der Waals surface area contributed by atoms with Crippen LogP contribution in [-0.4, -0.2) is 6.71 Å². The van der Waals surface area contributed by atoms with Crippen molar-refractivity contribution >= 4 is 62.7 Å². The van der Waals surface area contributed by atoms with Crippen molar-refractivity contribution in [3.05, 3.63) is 145 Å². The average Bonchev–Trinajstić information content (AvgIpc) is 3.12. The van der Waals surface area contributed by atoms with Gasteiger partial charge in [0.1, 0.15) is 23.0 Å². The lowest BCUT2D eigenvalue weighted by Crippen LogP contribution is -2.57. The molecule has 3 aliphatic rings. The fraction of sp³-hybridized carbons (Fsp3) is 0.0909. The predicted octanol–water partition coefficient (Wildman–Crippen LogP) is 10.5. The summed E-state index contributed by atoms with van der Waals surface area (Å²) in [5.41, 5.74) is 10.5. The lowest BCUT2D eigenvalue weighted by atomic mass is 9.34. The fourth-order valence-corrected chi connectivity index (χ4v) is 8.93. The average molecular weight is 650 g/mol. The Kier molecular flexibility index (Phi) is 6.16. The molecule has 0 radical (unpaired) electrons. The summed E-state index contributed by atoms with van der Waals surface area (Å²) in [5, 5.41) is 2.50. The lowest BCUT2D eigenvalue weighted by Gasteiger charge is -2.35. The summed E-state index contributed by atoms with van der Waals surface area (Å²) in [4.78, 5) is 4.88. The largest absolute Gasteiger partial charge is 0.458 e. The van der Waals surface area contributed by atoms with E-state index in [4.69, 9.17) is 9.47 Å². The smallest absolute Gasteiger partial charge is 0.260 e. The molecule has 7 aromatic carbocycles. The molecule has 234 valence electrons. The van der Waals surface area contributed by atoms with Gasteiger partial charge in [0, 0.05) is 37.4 Å². The highest BCUT2D eigenvalue weighted by Crippen LogP contribution is 2.52. The van der Waals surface area contributed by atoms with Gasteiger partial charge in [0.15, 0.2) is 0 Å². The van der Waals surface area contributed by atoms with Crippen LogP contribution in [0.2, 0.25) is 0 Å². The van der Waals surface area contributed by atoms with Crippen molar-refractivity contribution in [2.75, 3.05) is 4.90 Å². The summed E-state index contributed by atoms with van der Waals surface area (Å²) in [7, 11) is 0. The number of hydrogen-bond acceptors (Lipinski definition) is 4. The predicted molar refractivity (Wildman–Crippen MR) is 205 cm³/mol. The summed E-state index contributed by atoms with van der Waals surface area (Å²) >= 11 is 1.86. The Labute approximate surface area is 291 Å². The number of benzene rings is 7. The molecule has 7 aromatic rings. The minimum Gasteiger partial charge on any atom is -0.458 e. The summed E-state index contributed by atoms with van der Waals surface area (Å²) in [5.74, 6) is 3.61. The van der Waals surface area contributed by atoms with Crippen LogP contribution in [-0.2, 0) is 5.41 Å². The van der Waals surface area contributed by atoms with E-state index in [0.29, 0.717) is 0 Å². The highest BCUT2D eigenvalue weighted by atomic mass is 32.2. The van der Waals surface area contributed by atoms with Crippen LogP contribution < -0.4 is 30.8 Å². The molecule has 49 heavy (non-hydrogen) atoms. The van der Waals surface area contributed by atoms with Crippen LogP contribution in [0.3, 0.4) is 0 Å². The van der Waals surface area contributed by atoms with Gasteiger partial charge in [-0.3, -0.25) is 0 Å². The Bertz CT molecular complexity index is 2430. The molecule has 0 unspecified atom stereocenters. The molecule has 0 bridgehead atoms. The summed E-state index contributed by atoms with van der Waals surface area (Å²) < 4.78 is 13.5. The third kappa shape index (κ3) is 4.38. The van der Waals surface area contributed by atoms with Crippen molar-refractivity contribution in [2.45, 2.75) is 36.0 Å². The number of hydrogen-bond donors (Lipinski definition) is 0. The molecule has 0 saturated carbocycles. The minimum atomic E-state index is -0.0536. The van der Waals surface area contributed by atoms with Gasteiger partial charge in [-0.1, -0.05) is 105 Å². The molecular weight excluding hydrogens is 617 g/mol. The zero-order chi connectivity index (χ0) is 32.9. The molecule has 0 saturated heterocycles. The molecule has 0 amide bonds. The lowest BCUT2D eigenvalue weighted by molar-refractivity contribution is 0.458. The second kappa shape index (κ2) is 10.6. The topological polar surface area (TPSA) is 21.7 Å². The number of nitrogens with zero attached hydrogens (tertiary/aromatic N) is 1. The van der Waals surface area contributed by atoms with Crippen LogP contribution in [0.5, 0.6) is 23.0 Å². The van der Waals surface area contributed by atoms with Crippen molar-refractivity contribution in [1.29, 1.82) is 0 Å². The van der Waals surface area contributed by atoms with Gasteiger partial charge in [0.05, 0.1) is 5.69 Å². The van der Waals surface area contributed by atoms with Gasteiger partial charge in [-0.15, -0.1) is 0 Å². The highest BCUT2D eigenvalue weighted by Gasteiger charge is 2.42. The second-order valence-corrected chi connectivity index (χ2v) is 15.2. The summed E-state index contributed by atoms with van der Waals surface area (Å²) in [6.07, 6.45) is 0. The molecule has 0 aromatic heterocycles. The molecule has 5 heteroatoms. The number of rotatable bonds is 3. The Morgan fingerprint density at radius 1 is 0.551 bits per heavy atom. The first kappa shape index (κ1) is 28.6. The van der Waals surface area contributed by atoms with E-state index in [1.807, 2.05) is 11.8 Å². The van der Waals surface area contributed by atoms with Crippen molar-refractivity contribution in [3.63, 3.8) is 0 Å². The van der Waals surface area contributed by atoms with Crippen molar-refractivity contribution in [2.24, 2.45) is 0 Å². The Balaban J connectivity index is 1.17. The summed E-state index contributed by atoms with van der Waals surface area (Å²) in [6, 6.07) is 50.2. The number of ether oxygens (including phenoxy) is 2. The summed E-state index contributed by atoms with van der Waals surface area (Å²) in [6.45, 7) is 6.75. The van der Waals surface area contributed by atoms with Gasteiger partial charge in [0.2, 0.25) is 0 Å². The highest BCUT2D eigenvalue weighted by molar-refractivity contribution is 7.99. The zero-order valence-electron chi connectivity index (χ0n) is 27.5. The van der Waals surface area contributed by atoms with Crippen LogP contribution >= 0.6 is 11.8 Å². The Morgan fingerprint density at radius 3 is 1.94 bits per heavy atom. The van der Waals surface area contributed by atoms with Crippen LogP contribution in [0, 0.1) is 0 Å². The quantitative estimate of drug-likeness (QED) is 0.178. The van der Waals surface area contributed by atoms with Crippen LogP contribution in [0.1, 0.15) is 26.3 Å². The maximum atomic E-state index is 6.91. The van der Waals surface area contributed by atoms with Gasteiger partial charge in [-0.25, -0.2) is 0 Å². The molecule has 0 fully saturated rings. The first-order valence-corrected chi connectivity index (χ1v) is 17.7. The van der Waals surface area contributed by atoms with Gasteiger partial charge < -0.3 is 14.4 Å². The van der Waals surface area contributed by atoms with E-state index < -0.39 is 0 Å². The SMILES string of the molecule is CC(C)(C)c1cc2c3c(c1)Oc1cc4c(cc1B3c1ccccc1O2)Sc1cccc2c(N(c3ccccc3)c3ccccc3)ccc-4c12. The van der Waals surface area contributed by atoms with E-state index in [2.05, 4.69) is 165 Å². The number of para-hydroxylation sites is 3. The molecule has 0 atom stereocenters. The van der Waals surface area contributed by atoms with E-state index in [0.717, 1.165) is 45.5 Å². The van der Waals surface area contributed by atoms with Gasteiger partial charge in [-0.05, 0) is 99.8 Å². The van der Waals surface area contributed by atoms with Crippen LogP contribution in [0.4, 0.5) is 17.1 Å². The molecule has 0 aliphatic carbocycles. The molecule has 3 aliphatic heterocycles. The van der Waals surface area contributed by atoms with Crippen molar-refractivity contribution in [3.8, 4) is 34.1 Å². The molecule has 3 heterocycles. The van der Waals surface area contributed by atoms with Crippen LogP contribution in [0.25, 0.3) is 21.9 Å². The minimum absolute atomic E-state index is 0.0310. The fourth-order valence-electron chi connectivity index (χ4n) is 7.76. The molecular formula is C44H32BNO2S. The molecule has 10 rings (SSSR count). The van der Waals surface area contributed by atoms with Gasteiger partial charge in [0.25, 0.3) is 6.71 Å². The Hall–Kier alpha value is -5.39. The van der Waals surface area contributed by atoms with Gasteiger partial charge >= 0.3 is 0 Å². The first-order valence-electron chi connectivity index (χ1n) is 16.9. The van der Waals surface area contributed by atoms with E-state index >= 15 is 0 Å². The third-order valence-electron chi connectivity index (χ3n) is 10.1. The van der Waals surface area contributed by atoms with Crippen LogP contribution in [0.15, 0.2) is 149 Å². The third-order valence-corrected chi connectivity index (χ3v) is 11.2. The maximum absolute atomic E-state index is 6.91. The van der Waals surface area contributed by atoms with E-state index in [-0.39, 0.29) is 12.1 Å². The Morgan fingerprint density at radius 2 is 1.22 bits per heavy atom. The molecule has 0 N–H and O–H groups in total. The zero-order valence-corrected chi connectivity index (χ0v) is 28.3. The second-order valence-electron chi connectivity index (χ2n) is 14.1.